The first-order valence-corrected chi connectivity index (χ1v) is 6.97. The zero-order chi connectivity index (χ0) is 13.4. The molecule has 1 aromatic rings. The molecule has 0 amide bonds. The van der Waals surface area contributed by atoms with E-state index in [0.717, 1.165) is 31.8 Å². The van der Waals surface area contributed by atoms with Gasteiger partial charge in [0.2, 0.25) is 0 Å². The summed E-state index contributed by atoms with van der Waals surface area (Å²) in [7, 11) is 0. The second-order valence-corrected chi connectivity index (χ2v) is 6.04. The smallest absolute Gasteiger partial charge is 0.117 e. The Kier molecular flexibility index (Phi) is 6.44. The van der Waals surface area contributed by atoms with E-state index in [2.05, 4.69) is 26.1 Å². The lowest BCUT2D eigenvalue weighted by atomic mass is 9.76. The van der Waals surface area contributed by atoms with Gasteiger partial charge in [0, 0.05) is 0 Å². The van der Waals surface area contributed by atoms with Crippen LogP contribution in [0.1, 0.15) is 45.8 Å². The predicted molar refractivity (Wildman–Crippen MR) is 76.3 cm³/mol. The van der Waals surface area contributed by atoms with Crippen molar-refractivity contribution in [2.24, 2.45) is 17.1 Å². The van der Waals surface area contributed by atoms with Gasteiger partial charge in [-0.05, 0) is 55.8 Å². The van der Waals surface area contributed by atoms with Gasteiger partial charge in [-0.25, -0.2) is 0 Å². The van der Waals surface area contributed by atoms with E-state index >= 15 is 0 Å². The second kappa shape index (κ2) is 7.59. The van der Waals surface area contributed by atoms with Crippen LogP contribution in [-0.4, -0.2) is 13.1 Å². The van der Waals surface area contributed by atoms with Gasteiger partial charge in [-0.1, -0.05) is 20.8 Å². The largest absolute Gasteiger partial charge is 0.468 e. The van der Waals surface area contributed by atoms with Crippen molar-refractivity contribution in [3.8, 4) is 0 Å². The van der Waals surface area contributed by atoms with E-state index < -0.39 is 0 Å². The average molecular weight is 252 g/mol. The minimum absolute atomic E-state index is 0.361. The molecule has 3 heteroatoms. The van der Waals surface area contributed by atoms with Crippen molar-refractivity contribution in [3.63, 3.8) is 0 Å². The zero-order valence-electron chi connectivity index (χ0n) is 12.0. The Morgan fingerprint density at radius 2 is 2.11 bits per heavy atom. The van der Waals surface area contributed by atoms with Crippen molar-refractivity contribution in [1.29, 1.82) is 0 Å². The lowest BCUT2D eigenvalue weighted by molar-refractivity contribution is 0.210. The van der Waals surface area contributed by atoms with Crippen LogP contribution in [0.15, 0.2) is 22.8 Å². The quantitative estimate of drug-likeness (QED) is 0.699. The van der Waals surface area contributed by atoms with E-state index in [0.29, 0.717) is 11.3 Å². The first-order chi connectivity index (χ1) is 8.54. The molecule has 3 N–H and O–H groups in total. The maximum absolute atomic E-state index is 5.69. The molecule has 1 unspecified atom stereocenters. The third-order valence-electron chi connectivity index (χ3n) is 3.53. The predicted octanol–water partition coefficient (Wildman–Crippen LogP) is 3.16. The highest BCUT2D eigenvalue weighted by molar-refractivity contribution is 4.97. The standard InChI is InChI=1S/C15H28N2O/c1-15(2,3)13(8-9-16)6-4-10-17-12-14-7-5-11-18-14/h5,7,11,13,17H,4,6,8-10,12,16H2,1-3H3. The normalized spacial score (nSPS) is 13.8. The van der Waals surface area contributed by atoms with Gasteiger partial charge < -0.3 is 15.5 Å². The number of furan rings is 1. The molecule has 0 aliphatic carbocycles. The summed E-state index contributed by atoms with van der Waals surface area (Å²) in [4.78, 5) is 0. The molecule has 0 fully saturated rings. The molecule has 0 saturated heterocycles. The third kappa shape index (κ3) is 5.69. The Labute approximate surface area is 111 Å². The summed E-state index contributed by atoms with van der Waals surface area (Å²) in [6.45, 7) is 9.58. The Balaban J connectivity index is 2.15. The van der Waals surface area contributed by atoms with Crippen molar-refractivity contribution in [3.05, 3.63) is 24.2 Å². The summed E-state index contributed by atoms with van der Waals surface area (Å²) < 4.78 is 5.27. The van der Waals surface area contributed by atoms with E-state index in [1.807, 2.05) is 12.1 Å². The molecule has 104 valence electrons. The molecule has 0 aromatic carbocycles. The molecule has 18 heavy (non-hydrogen) atoms. The Morgan fingerprint density at radius 3 is 2.67 bits per heavy atom. The molecule has 0 aliphatic rings. The van der Waals surface area contributed by atoms with Crippen LogP contribution in [-0.2, 0) is 6.54 Å². The molecule has 1 rings (SSSR count). The Bertz CT molecular complexity index is 301. The first-order valence-electron chi connectivity index (χ1n) is 6.97. The van der Waals surface area contributed by atoms with Crippen LogP contribution in [0, 0.1) is 11.3 Å². The number of nitrogens with two attached hydrogens (primary N) is 1. The monoisotopic (exact) mass is 252 g/mol. The van der Waals surface area contributed by atoms with E-state index in [1.165, 1.54) is 12.8 Å². The van der Waals surface area contributed by atoms with Gasteiger partial charge in [0.1, 0.15) is 5.76 Å². The molecule has 0 radical (unpaired) electrons. The fraction of sp³-hybridized carbons (Fsp3) is 0.733. The van der Waals surface area contributed by atoms with Gasteiger partial charge in [0.25, 0.3) is 0 Å². The van der Waals surface area contributed by atoms with Crippen molar-refractivity contribution in [2.45, 2.75) is 46.6 Å². The van der Waals surface area contributed by atoms with Crippen molar-refractivity contribution >= 4 is 0 Å². The summed E-state index contributed by atoms with van der Waals surface area (Å²) in [6, 6.07) is 3.92. The molecule has 1 heterocycles. The molecule has 0 saturated carbocycles. The zero-order valence-corrected chi connectivity index (χ0v) is 12.0. The molecule has 1 atom stereocenters. The van der Waals surface area contributed by atoms with Gasteiger partial charge >= 0.3 is 0 Å². The van der Waals surface area contributed by atoms with Gasteiger partial charge in [-0.15, -0.1) is 0 Å². The first kappa shape index (κ1) is 15.3. The highest BCUT2D eigenvalue weighted by atomic mass is 16.3. The van der Waals surface area contributed by atoms with Crippen LogP contribution in [0.2, 0.25) is 0 Å². The SMILES string of the molecule is CC(C)(C)C(CCN)CCCNCc1ccco1. The second-order valence-electron chi connectivity index (χ2n) is 6.04. The van der Waals surface area contributed by atoms with Crippen LogP contribution >= 0.6 is 0 Å². The summed E-state index contributed by atoms with van der Waals surface area (Å²) >= 11 is 0. The Hall–Kier alpha value is -0.800. The number of hydrogen-bond acceptors (Lipinski definition) is 3. The maximum atomic E-state index is 5.69. The molecule has 0 bridgehead atoms. The lowest BCUT2D eigenvalue weighted by Crippen LogP contribution is -2.25. The third-order valence-corrected chi connectivity index (χ3v) is 3.53. The van der Waals surface area contributed by atoms with Crippen molar-refractivity contribution < 1.29 is 4.42 Å². The minimum Gasteiger partial charge on any atom is -0.468 e. The van der Waals surface area contributed by atoms with Crippen LogP contribution in [0.25, 0.3) is 0 Å². The van der Waals surface area contributed by atoms with Crippen molar-refractivity contribution in [2.75, 3.05) is 13.1 Å². The molecule has 3 nitrogen and oxygen atoms in total. The molecule has 1 aromatic heterocycles. The highest BCUT2D eigenvalue weighted by Crippen LogP contribution is 2.31. The van der Waals surface area contributed by atoms with Gasteiger partial charge in [-0.3, -0.25) is 0 Å². The summed E-state index contributed by atoms with van der Waals surface area (Å²) in [5.41, 5.74) is 6.05. The van der Waals surface area contributed by atoms with Gasteiger partial charge in [0.05, 0.1) is 12.8 Å². The fourth-order valence-corrected chi connectivity index (χ4v) is 2.31. The van der Waals surface area contributed by atoms with Gasteiger partial charge in [0.15, 0.2) is 0 Å². The topological polar surface area (TPSA) is 51.2 Å². The fourth-order valence-electron chi connectivity index (χ4n) is 2.31. The van der Waals surface area contributed by atoms with Crippen LogP contribution in [0.4, 0.5) is 0 Å². The van der Waals surface area contributed by atoms with E-state index in [-0.39, 0.29) is 0 Å². The van der Waals surface area contributed by atoms with E-state index in [4.69, 9.17) is 10.2 Å². The van der Waals surface area contributed by atoms with Crippen LogP contribution in [0.3, 0.4) is 0 Å². The summed E-state index contributed by atoms with van der Waals surface area (Å²) in [6.07, 6.45) is 5.28. The minimum atomic E-state index is 0.361. The Morgan fingerprint density at radius 1 is 1.33 bits per heavy atom. The maximum Gasteiger partial charge on any atom is 0.117 e. The van der Waals surface area contributed by atoms with E-state index in [9.17, 15) is 0 Å². The highest BCUT2D eigenvalue weighted by Gasteiger charge is 2.22. The average Bonchev–Trinajstić information content (AvgIpc) is 2.78. The van der Waals surface area contributed by atoms with Gasteiger partial charge in [-0.2, -0.15) is 0 Å². The molecular formula is C15H28N2O. The van der Waals surface area contributed by atoms with Crippen molar-refractivity contribution in [1.82, 2.24) is 5.32 Å². The van der Waals surface area contributed by atoms with Crippen LogP contribution < -0.4 is 11.1 Å². The van der Waals surface area contributed by atoms with Crippen LogP contribution in [0.5, 0.6) is 0 Å². The molecular weight excluding hydrogens is 224 g/mol. The number of nitrogens with one attached hydrogen (secondary N) is 1. The number of hydrogen-bond donors (Lipinski definition) is 2. The number of rotatable bonds is 8. The van der Waals surface area contributed by atoms with E-state index in [1.54, 1.807) is 6.26 Å². The molecule has 0 aliphatic heterocycles. The summed E-state index contributed by atoms with van der Waals surface area (Å²) in [5, 5.41) is 3.41. The molecule has 0 spiro atoms. The lowest BCUT2D eigenvalue weighted by Gasteiger charge is -2.30. The summed E-state index contributed by atoms with van der Waals surface area (Å²) in [5.74, 6) is 1.72.